The summed E-state index contributed by atoms with van der Waals surface area (Å²) in [5, 5.41) is 9.86. The number of nitrogens with zero attached hydrogens (tertiary/aromatic N) is 1. The fourth-order valence-electron chi connectivity index (χ4n) is 3.99. The number of methoxy groups -OCH3 is 3. The number of carbonyl (C=O) groups is 1. The summed E-state index contributed by atoms with van der Waals surface area (Å²) in [6.07, 6.45) is 2.49. The van der Waals surface area contributed by atoms with Gasteiger partial charge >= 0.3 is 5.97 Å². The second-order valence-electron chi connectivity index (χ2n) is 6.84. The maximum atomic E-state index is 12.0. The second-order valence-corrected chi connectivity index (χ2v) is 6.84. The van der Waals surface area contributed by atoms with Crippen LogP contribution in [0.25, 0.3) is 0 Å². The Morgan fingerprint density at radius 2 is 1.64 bits per heavy atom. The topological polar surface area (TPSA) is 68.2 Å². The molecule has 0 aliphatic carbocycles. The van der Waals surface area contributed by atoms with Crippen LogP contribution in [0.2, 0.25) is 0 Å². The monoisotopic (exact) mass is 385 g/mol. The number of benzene rings is 2. The van der Waals surface area contributed by atoms with E-state index < -0.39 is 12.0 Å². The van der Waals surface area contributed by atoms with Gasteiger partial charge in [-0.1, -0.05) is 24.6 Å². The van der Waals surface area contributed by atoms with E-state index in [2.05, 4.69) is 0 Å². The molecule has 6 nitrogen and oxygen atoms in total. The maximum absolute atomic E-state index is 12.0. The lowest BCUT2D eigenvalue weighted by Crippen LogP contribution is -2.47. The summed E-state index contributed by atoms with van der Waals surface area (Å²) in [6.45, 7) is 0.689. The highest BCUT2D eigenvalue weighted by Crippen LogP contribution is 2.43. The molecule has 0 bridgehead atoms. The predicted octanol–water partition coefficient (Wildman–Crippen LogP) is 3.74. The summed E-state index contributed by atoms with van der Waals surface area (Å²) in [5.41, 5.74) is 1.81. The van der Waals surface area contributed by atoms with Gasteiger partial charge in [-0.15, -0.1) is 0 Å². The quantitative estimate of drug-likeness (QED) is 0.783. The van der Waals surface area contributed by atoms with Gasteiger partial charge in [-0.25, -0.2) is 0 Å². The Morgan fingerprint density at radius 3 is 2.18 bits per heavy atom. The van der Waals surface area contributed by atoms with Crippen molar-refractivity contribution in [1.29, 1.82) is 0 Å². The van der Waals surface area contributed by atoms with Crippen LogP contribution >= 0.6 is 0 Å². The smallest absolute Gasteiger partial charge is 0.320 e. The molecular formula is C22H27NO5. The molecule has 2 aromatic carbocycles. The van der Waals surface area contributed by atoms with Crippen molar-refractivity contribution >= 4 is 5.97 Å². The normalized spacial score (nSPS) is 18.3. The number of rotatable bonds is 7. The van der Waals surface area contributed by atoms with Crippen LogP contribution < -0.4 is 14.2 Å². The zero-order valence-electron chi connectivity index (χ0n) is 16.6. The minimum absolute atomic E-state index is 0.307. The highest BCUT2D eigenvalue weighted by molar-refractivity contribution is 5.74. The van der Waals surface area contributed by atoms with E-state index in [9.17, 15) is 9.90 Å². The van der Waals surface area contributed by atoms with Gasteiger partial charge in [0.1, 0.15) is 23.3 Å². The molecule has 1 saturated heterocycles. The van der Waals surface area contributed by atoms with Gasteiger partial charge < -0.3 is 19.3 Å². The van der Waals surface area contributed by atoms with Gasteiger partial charge in [0.25, 0.3) is 0 Å². The Hall–Kier alpha value is -2.73. The first-order chi connectivity index (χ1) is 13.6. The molecule has 28 heavy (non-hydrogen) atoms. The molecule has 2 unspecified atom stereocenters. The number of ether oxygens (including phenoxy) is 3. The van der Waals surface area contributed by atoms with E-state index in [1.165, 1.54) is 0 Å². The van der Waals surface area contributed by atoms with Crippen molar-refractivity contribution in [2.45, 2.75) is 31.3 Å². The molecule has 2 aromatic rings. The number of likely N-dealkylation sites (tertiary alicyclic amines) is 1. The van der Waals surface area contributed by atoms with E-state index in [0.717, 1.165) is 29.7 Å². The molecule has 0 radical (unpaired) electrons. The Labute approximate surface area is 165 Å². The SMILES string of the molecule is COc1ccc(C(c2c(OC)cccc2OC)N2CCCCC2C(=O)O)cc1. The fourth-order valence-corrected chi connectivity index (χ4v) is 3.99. The highest BCUT2D eigenvalue weighted by atomic mass is 16.5. The van der Waals surface area contributed by atoms with Gasteiger partial charge in [0.2, 0.25) is 0 Å². The first-order valence-electron chi connectivity index (χ1n) is 9.44. The summed E-state index contributed by atoms with van der Waals surface area (Å²) in [6, 6.07) is 12.5. The molecule has 3 rings (SSSR count). The third kappa shape index (κ3) is 3.92. The largest absolute Gasteiger partial charge is 0.497 e. The Bertz CT molecular complexity index is 783. The molecule has 6 heteroatoms. The molecule has 1 aliphatic rings. The van der Waals surface area contributed by atoms with Crippen molar-refractivity contribution in [3.8, 4) is 17.2 Å². The molecule has 0 saturated carbocycles. The van der Waals surface area contributed by atoms with Crippen LogP contribution in [-0.2, 0) is 4.79 Å². The van der Waals surface area contributed by atoms with Crippen LogP contribution in [0, 0.1) is 0 Å². The third-order valence-electron chi connectivity index (χ3n) is 5.33. The lowest BCUT2D eigenvalue weighted by molar-refractivity contribution is -0.145. The van der Waals surface area contributed by atoms with Gasteiger partial charge in [0.05, 0.1) is 32.9 Å². The number of piperidine rings is 1. The number of aliphatic carboxylic acids is 1. The lowest BCUT2D eigenvalue weighted by Gasteiger charge is -2.40. The van der Waals surface area contributed by atoms with Gasteiger partial charge in [0, 0.05) is 0 Å². The third-order valence-corrected chi connectivity index (χ3v) is 5.33. The van der Waals surface area contributed by atoms with E-state index in [1.54, 1.807) is 21.3 Å². The summed E-state index contributed by atoms with van der Waals surface area (Å²) < 4.78 is 16.6. The molecule has 150 valence electrons. The average molecular weight is 385 g/mol. The van der Waals surface area contributed by atoms with E-state index >= 15 is 0 Å². The van der Waals surface area contributed by atoms with Crippen LogP contribution in [0.5, 0.6) is 17.2 Å². The molecule has 0 aromatic heterocycles. The first-order valence-corrected chi connectivity index (χ1v) is 9.44. The molecule has 1 heterocycles. The van der Waals surface area contributed by atoms with E-state index in [-0.39, 0.29) is 6.04 Å². The summed E-state index contributed by atoms with van der Waals surface area (Å²) in [5.74, 6) is 1.31. The molecule has 1 aliphatic heterocycles. The first kappa shape index (κ1) is 20.0. The van der Waals surface area contributed by atoms with Crippen LogP contribution in [-0.4, -0.2) is 49.9 Å². The van der Waals surface area contributed by atoms with E-state index in [1.807, 2.05) is 47.4 Å². The van der Waals surface area contributed by atoms with Crippen molar-refractivity contribution in [3.05, 3.63) is 53.6 Å². The zero-order valence-corrected chi connectivity index (χ0v) is 16.6. The van der Waals surface area contributed by atoms with Gasteiger partial charge in [0.15, 0.2) is 0 Å². The van der Waals surface area contributed by atoms with Gasteiger partial charge in [-0.2, -0.15) is 0 Å². The van der Waals surface area contributed by atoms with Crippen LogP contribution in [0.15, 0.2) is 42.5 Å². The number of hydrogen-bond donors (Lipinski definition) is 1. The highest BCUT2D eigenvalue weighted by Gasteiger charge is 2.37. The average Bonchev–Trinajstić information content (AvgIpc) is 2.74. The minimum Gasteiger partial charge on any atom is -0.497 e. The van der Waals surface area contributed by atoms with E-state index in [4.69, 9.17) is 14.2 Å². The molecular weight excluding hydrogens is 358 g/mol. The van der Waals surface area contributed by atoms with Crippen molar-refractivity contribution in [2.75, 3.05) is 27.9 Å². The molecule has 1 fully saturated rings. The number of carboxylic acids is 1. The van der Waals surface area contributed by atoms with Crippen LogP contribution in [0.3, 0.4) is 0 Å². The Balaban J connectivity index is 2.18. The standard InChI is InChI=1S/C22H27NO5/c1-26-16-12-10-15(11-13-16)21(23-14-5-4-7-17(23)22(24)25)20-18(27-2)8-6-9-19(20)28-3/h6,8-13,17,21H,4-5,7,14H2,1-3H3,(H,24,25). The van der Waals surface area contributed by atoms with Crippen LogP contribution in [0.1, 0.15) is 36.4 Å². The Kier molecular flexibility index (Phi) is 6.41. The number of hydrogen-bond acceptors (Lipinski definition) is 5. The second kappa shape index (κ2) is 8.97. The minimum atomic E-state index is -0.799. The fraction of sp³-hybridized carbons (Fsp3) is 0.409. The van der Waals surface area contributed by atoms with Crippen LogP contribution in [0.4, 0.5) is 0 Å². The van der Waals surface area contributed by atoms with Crippen molar-refractivity contribution in [2.24, 2.45) is 0 Å². The van der Waals surface area contributed by atoms with E-state index in [0.29, 0.717) is 24.5 Å². The van der Waals surface area contributed by atoms with Gasteiger partial charge in [-0.05, 0) is 49.2 Å². The molecule has 2 atom stereocenters. The predicted molar refractivity (Wildman–Crippen MR) is 106 cm³/mol. The summed E-state index contributed by atoms with van der Waals surface area (Å²) in [7, 11) is 4.86. The molecule has 1 N–H and O–H groups in total. The summed E-state index contributed by atoms with van der Waals surface area (Å²) >= 11 is 0. The van der Waals surface area contributed by atoms with Crippen molar-refractivity contribution < 1.29 is 24.1 Å². The Morgan fingerprint density at radius 1 is 1.00 bits per heavy atom. The molecule has 0 amide bonds. The van der Waals surface area contributed by atoms with Gasteiger partial charge in [-0.3, -0.25) is 9.69 Å². The van der Waals surface area contributed by atoms with Crippen molar-refractivity contribution in [3.63, 3.8) is 0 Å². The van der Waals surface area contributed by atoms with Crippen molar-refractivity contribution in [1.82, 2.24) is 4.90 Å². The lowest BCUT2D eigenvalue weighted by atomic mass is 9.90. The maximum Gasteiger partial charge on any atom is 0.320 e. The number of carboxylic acid groups (broad SMARTS) is 1. The zero-order chi connectivity index (χ0) is 20.1. The summed E-state index contributed by atoms with van der Waals surface area (Å²) in [4.78, 5) is 14.1. The molecule has 0 spiro atoms.